The highest BCUT2D eigenvalue weighted by molar-refractivity contribution is 5.96. The van der Waals surface area contributed by atoms with Crippen molar-refractivity contribution < 1.29 is 14.3 Å². The smallest absolute Gasteiger partial charge is 0.315 e. The van der Waals surface area contributed by atoms with Crippen LogP contribution in [0.3, 0.4) is 0 Å². The average Bonchev–Trinajstić information content (AvgIpc) is 3.27. The number of benzene rings is 1. The number of hydrogen-bond acceptors (Lipinski definition) is 4. The topological polar surface area (TPSA) is 73.9 Å². The molecule has 0 aromatic heterocycles. The molecule has 0 bridgehead atoms. The second-order valence-electron chi connectivity index (χ2n) is 7.11. The minimum atomic E-state index is -0.190. The molecular weight excluding hydrogens is 344 g/mol. The number of rotatable bonds is 7. The Hall–Kier alpha value is -2.28. The van der Waals surface area contributed by atoms with Crippen LogP contribution in [0.2, 0.25) is 0 Å². The van der Waals surface area contributed by atoms with Crippen LogP contribution in [0, 0.1) is 0 Å². The Balaban J connectivity index is 1.47. The van der Waals surface area contributed by atoms with Crippen LogP contribution >= 0.6 is 0 Å². The molecule has 2 aliphatic rings. The molecule has 2 heterocycles. The Kier molecular flexibility index (Phi) is 6.55. The van der Waals surface area contributed by atoms with Crippen molar-refractivity contribution in [3.05, 3.63) is 24.3 Å². The van der Waals surface area contributed by atoms with Gasteiger partial charge in [-0.05, 0) is 57.1 Å². The predicted octanol–water partition coefficient (Wildman–Crippen LogP) is 1.97. The van der Waals surface area contributed by atoms with Crippen molar-refractivity contribution in [2.45, 2.75) is 45.2 Å². The molecule has 3 rings (SSSR count). The lowest BCUT2D eigenvalue weighted by atomic mass is 10.2. The quantitative estimate of drug-likeness (QED) is 0.765. The summed E-state index contributed by atoms with van der Waals surface area (Å²) >= 11 is 0. The van der Waals surface area contributed by atoms with Gasteiger partial charge in [-0.1, -0.05) is 6.92 Å². The van der Waals surface area contributed by atoms with Crippen LogP contribution in [0.25, 0.3) is 0 Å². The maximum absolute atomic E-state index is 12.3. The van der Waals surface area contributed by atoms with Crippen molar-refractivity contribution in [3.8, 4) is 5.75 Å². The number of carbonyl (C=O) groups excluding carboxylic acids is 2. The summed E-state index contributed by atoms with van der Waals surface area (Å²) in [5.74, 6) is 0.812. The number of amides is 3. The van der Waals surface area contributed by atoms with Crippen LogP contribution < -0.4 is 20.3 Å². The number of likely N-dealkylation sites (N-methyl/N-ethyl adjacent to an activating group) is 1. The third kappa shape index (κ3) is 4.91. The molecule has 27 heavy (non-hydrogen) atoms. The van der Waals surface area contributed by atoms with E-state index >= 15 is 0 Å². The normalized spacial score (nSPS) is 22.9. The summed E-state index contributed by atoms with van der Waals surface area (Å²) in [7, 11) is 0. The third-order valence-corrected chi connectivity index (χ3v) is 5.32. The van der Waals surface area contributed by atoms with Crippen molar-refractivity contribution in [1.29, 1.82) is 0 Å². The Morgan fingerprint density at radius 1 is 1.26 bits per heavy atom. The zero-order valence-corrected chi connectivity index (χ0v) is 16.2. The first-order chi connectivity index (χ1) is 13.1. The van der Waals surface area contributed by atoms with Gasteiger partial charge in [0, 0.05) is 31.2 Å². The largest absolute Gasteiger partial charge is 0.494 e. The summed E-state index contributed by atoms with van der Waals surface area (Å²) < 4.78 is 5.44. The van der Waals surface area contributed by atoms with Crippen LogP contribution in [0.4, 0.5) is 10.5 Å². The van der Waals surface area contributed by atoms with Gasteiger partial charge in [0.1, 0.15) is 5.75 Å². The number of ether oxygens (including phenoxy) is 1. The van der Waals surface area contributed by atoms with Crippen molar-refractivity contribution in [2.75, 3.05) is 37.7 Å². The molecule has 2 fully saturated rings. The highest BCUT2D eigenvalue weighted by atomic mass is 16.5. The van der Waals surface area contributed by atoms with Gasteiger partial charge in [-0.15, -0.1) is 0 Å². The number of anilines is 1. The molecule has 0 radical (unpaired) electrons. The minimum Gasteiger partial charge on any atom is -0.494 e. The van der Waals surface area contributed by atoms with Crippen molar-refractivity contribution in [3.63, 3.8) is 0 Å². The summed E-state index contributed by atoms with van der Waals surface area (Å²) in [6.45, 7) is 7.97. The molecule has 7 nitrogen and oxygen atoms in total. The standard InChI is InChI=1S/C20H30N4O3/c1-3-23-11-5-6-17(23)13-21-20(26)22-15-12-19(25)24(14-15)16-7-9-18(10-8-16)27-4-2/h7-10,15,17H,3-6,11-14H2,1-2H3,(H2,21,22,26)/t15-,17+/m1/s1. The van der Waals surface area contributed by atoms with Crippen LogP contribution in [0.1, 0.15) is 33.1 Å². The first kappa shape index (κ1) is 19.5. The summed E-state index contributed by atoms with van der Waals surface area (Å²) in [4.78, 5) is 28.7. The molecule has 1 aromatic carbocycles. The first-order valence-corrected chi connectivity index (χ1v) is 9.92. The minimum absolute atomic E-state index is 0.0254. The molecule has 148 valence electrons. The number of urea groups is 1. The van der Waals surface area contributed by atoms with E-state index in [1.54, 1.807) is 4.90 Å². The van der Waals surface area contributed by atoms with E-state index in [0.29, 0.717) is 32.2 Å². The van der Waals surface area contributed by atoms with E-state index in [1.807, 2.05) is 31.2 Å². The monoisotopic (exact) mass is 374 g/mol. The fourth-order valence-electron chi connectivity index (χ4n) is 3.93. The van der Waals surface area contributed by atoms with Gasteiger partial charge < -0.3 is 20.3 Å². The average molecular weight is 374 g/mol. The van der Waals surface area contributed by atoms with E-state index < -0.39 is 0 Å². The highest BCUT2D eigenvalue weighted by Crippen LogP contribution is 2.24. The lowest BCUT2D eigenvalue weighted by Gasteiger charge is -2.23. The molecule has 1 aromatic rings. The van der Waals surface area contributed by atoms with Crippen molar-refractivity contribution in [2.24, 2.45) is 0 Å². The van der Waals surface area contributed by atoms with Gasteiger partial charge in [0.15, 0.2) is 0 Å². The van der Waals surface area contributed by atoms with Gasteiger partial charge >= 0.3 is 6.03 Å². The number of hydrogen-bond donors (Lipinski definition) is 2. The Morgan fingerprint density at radius 2 is 2.04 bits per heavy atom. The van der Waals surface area contributed by atoms with Crippen LogP contribution in [-0.4, -0.2) is 61.7 Å². The van der Waals surface area contributed by atoms with Crippen molar-refractivity contribution >= 4 is 17.6 Å². The number of carbonyl (C=O) groups is 2. The SMILES string of the molecule is CCOc1ccc(N2C[C@H](NC(=O)NC[C@@H]3CCCN3CC)CC2=O)cc1. The van der Waals surface area contributed by atoms with E-state index in [2.05, 4.69) is 22.5 Å². The molecule has 2 N–H and O–H groups in total. The number of nitrogens with one attached hydrogen (secondary N) is 2. The zero-order chi connectivity index (χ0) is 19.2. The Morgan fingerprint density at radius 3 is 2.74 bits per heavy atom. The van der Waals surface area contributed by atoms with E-state index in [9.17, 15) is 9.59 Å². The summed E-state index contributed by atoms with van der Waals surface area (Å²) in [6.07, 6.45) is 2.64. The second-order valence-corrected chi connectivity index (χ2v) is 7.11. The maximum Gasteiger partial charge on any atom is 0.315 e. The van der Waals surface area contributed by atoms with Crippen LogP contribution in [0.5, 0.6) is 5.75 Å². The van der Waals surface area contributed by atoms with Crippen LogP contribution in [-0.2, 0) is 4.79 Å². The second kappa shape index (κ2) is 9.08. The Bertz CT molecular complexity index is 649. The molecule has 2 saturated heterocycles. The van der Waals surface area contributed by atoms with Crippen molar-refractivity contribution in [1.82, 2.24) is 15.5 Å². The molecule has 2 aliphatic heterocycles. The zero-order valence-electron chi connectivity index (χ0n) is 16.2. The van der Waals surface area contributed by atoms with Gasteiger partial charge in [0.25, 0.3) is 0 Å². The lowest BCUT2D eigenvalue weighted by Crippen LogP contribution is -2.47. The van der Waals surface area contributed by atoms with Crippen LogP contribution in [0.15, 0.2) is 24.3 Å². The number of likely N-dealkylation sites (tertiary alicyclic amines) is 1. The van der Waals surface area contributed by atoms with Gasteiger partial charge in [-0.3, -0.25) is 9.69 Å². The van der Waals surface area contributed by atoms with Gasteiger partial charge in [-0.2, -0.15) is 0 Å². The third-order valence-electron chi connectivity index (χ3n) is 5.32. The number of nitrogens with zero attached hydrogens (tertiary/aromatic N) is 2. The maximum atomic E-state index is 12.3. The molecule has 3 amide bonds. The molecular formula is C20H30N4O3. The predicted molar refractivity (Wildman–Crippen MR) is 105 cm³/mol. The lowest BCUT2D eigenvalue weighted by molar-refractivity contribution is -0.117. The van der Waals surface area contributed by atoms with E-state index in [1.165, 1.54) is 6.42 Å². The molecule has 0 saturated carbocycles. The summed E-state index contributed by atoms with van der Waals surface area (Å²) in [5, 5.41) is 5.91. The van der Waals surface area contributed by atoms with Gasteiger partial charge in [0.05, 0.1) is 12.6 Å². The van der Waals surface area contributed by atoms with E-state index in [4.69, 9.17) is 4.74 Å². The van der Waals surface area contributed by atoms with Gasteiger partial charge in [0.2, 0.25) is 5.91 Å². The Labute approximate surface area is 161 Å². The summed E-state index contributed by atoms with van der Waals surface area (Å²) in [5.41, 5.74) is 0.831. The fraction of sp³-hybridized carbons (Fsp3) is 0.600. The van der Waals surface area contributed by atoms with E-state index in [0.717, 1.165) is 30.9 Å². The fourth-order valence-corrected chi connectivity index (χ4v) is 3.93. The molecule has 0 aliphatic carbocycles. The molecule has 0 unspecified atom stereocenters. The molecule has 7 heteroatoms. The summed E-state index contributed by atoms with van der Waals surface area (Å²) in [6, 6.07) is 7.54. The highest BCUT2D eigenvalue weighted by Gasteiger charge is 2.32. The molecule has 0 spiro atoms. The first-order valence-electron chi connectivity index (χ1n) is 9.92. The molecule has 2 atom stereocenters. The van der Waals surface area contributed by atoms with Gasteiger partial charge in [-0.25, -0.2) is 4.79 Å². The van der Waals surface area contributed by atoms with E-state index in [-0.39, 0.29) is 18.0 Å².